The van der Waals surface area contributed by atoms with Crippen molar-refractivity contribution in [3.8, 4) is 11.6 Å². The maximum atomic E-state index is 12.8. The number of benzene rings is 2. The summed E-state index contributed by atoms with van der Waals surface area (Å²) in [4.78, 5) is 17.4. The fourth-order valence-electron chi connectivity index (χ4n) is 2.43. The first-order valence-corrected chi connectivity index (χ1v) is 9.17. The van der Waals surface area contributed by atoms with Gasteiger partial charge in [-0.3, -0.25) is 4.84 Å². The molecular weight excluding hydrogens is 446 g/mol. The van der Waals surface area contributed by atoms with Gasteiger partial charge in [-0.2, -0.15) is 17.9 Å². The molecule has 0 aliphatic rings. The van der Waals surface area contributed by atoms with Crippen LogP contribution in [0.2, 0.25) is 10.0 Å². The van der Waals surface area contributed by atoms with E-state index >= 15 is 0 Å². The van der Waals surface area contributed by atoms with Crippen molar-refractivity contribution in [3.05, 3.63) is 75.4 Å². The summed E-state index contributed by atoms with van der Waals surface area (Å²) in [5.41, 5.74) is 2.46. The van der Waals surface area contributed by atoms with E-state index in [4.69, 9.17) is 32.8 Å². The Labute approximate surface area is 179 Å². The minimum absolute atomic E-state index is 0.0886. The second-order valence-electron chi connectivity index (χ2n) is 6.09. The van der Waals surface area contributed by atoms with Crippen molar-refractivity contribution in [1.82, 2.24) is 15.3 Å². The largest absolute Gasteiger partial charge is 0.434 e. The third kappa shape index (κ3) is 5.24. The number of nitrogens with zero attached hydrogens (tertiary/aromatic N) is 2. The van der Waals surface area contributed by atoms with Crippen LogP contribution < -0.4 is 10.2 Å². The van der Waals surface area contributed by atoms with Gasteiger partial charge in [-0.05, 0) is 24.6 Å². The van der Waals surface area contributed by atoms with Crippen molar-refractivity contribution < 1.29 is 27.5 Å². The van der Waals surface area contributed by atoms with Gasteiger partial charge in [0, 0.05) is 6.07 Å². The average molecular weight is 460 g/mol. The zero-order chi connectivity index (χ0) is 21.9. The zero-order valence-corrected chi connectivity index (χ0v) is 16.8. The lowest BCUT2D eigenvalue weighted by Gasteiger charge is -2.11. The highest BCUT2D eigenvalue weighted by Gasteiger charge is 2.32. The van der Waals surface area contributed by atoms with E-state index < -0.39 is 17.8 Å². The summed E-state index contributed by atoms with van der Waals surface area (Å²) < 4.78 is 44.9. The summed E-state index contributed by atoms with van der Waals surface area (Å²) >= 11 is 11.8. The normalized spacial score (nSPS) is 11.4. The standard InChI is InChI=1S/C19H14Cl2F3N3O3/c1-11-7-16(30-17-14(20)8-13(9-15(17)21)19(22,23)24)25-27(11)18(28)26-29-10-12-5-3-2-4-6-12/h2-9H,10H2,1H3,(H,26,28). The summed E-state index contributed by atoms with van der Waals surface area (Å²) in [6, 6.07) is 11.3. The van der Waals surface area contributed by atoms with Gasteiger partial charge in [-0.1, -0.05) is 53.5 Å². The van der Waals surface area contributed by atoms with Crippen LogP contribution in [0.1, 0.15) is 16.8 Å². The lowest BCUT2D eigenvalue weighted by atomic mass is 10.2. The average Bonchev–Trinajstić information content (AvgIpc) is 3.05. The van der Waals surface area contributed by atoms with Crippen molar-refractivity contribution in [2.45, 2.75) is 19.7 Å². The number of alkyl halides is 3. The molecule has 0 saturated carbocycles. The maximum absolute atomic E-state index is 12.8. The molecule has 0 aliphatic carbocycles. The van der Waals surface area contributed by atoms with Crippen LogP contribution in [0, 0.1) is 6.92 Å². The van der Waals surface area contributed by atoms with Crippen molar-refractivity contribution in [2.75, 3.05) is 0 Å². The minimum atomic E-state index is -4.61. The first-order chi connectivity index (χ1) is 14.1. The van der Waals surface area contributed by atoms with Crippen LogP contribution in [0.3, 0.4) is 0 Å². The van der Waals surface area contributed by atoms with E-state index in [1.165, 1.54) is 6.07 Å². The van der Waals surface area contributed by atoms with Crippen LogP contribution in [-0.2, 0) is 17.6 Å². The Hall–Kier alpha value is -2.75. The van der Waals surface area contributed by atoms with Crippen molar-refractivity contribution in [1.29, 1.82) is 0 Å². The summed E-state index contributed by atoms with van der Waals surface area (Å²) in [6.07, 6.45) is -4.61. The number of ether oxygens (including phenoxy) is 1. The SMILES string of the molecule is Cc1cc(Oc2c(Cl)cc(C(F)(F)F)cc2Cl)nn1C(=O)NOCc1ccccc1. The minimum Gasteiger partial charge on any atom is -0.434 e. The number of halogens is 5. The van der Waals surface area contributed by atoms with Gasteiger partial charge in [0.15, 0.2) is 5.75 Å². The third-order valence-electron chi connectivity index (χ3n) is 3.83. The molecule has 2 aromatic carbocycles. The molecule has 0 aliphatic heterocycles. The number of aromatic nitrogens is 2. The number of aryl methyl sites for hydroxylation is 1. The third-order valence-corrected chi connectivity index (χ3v) is 4.39. The van der Waals surface area contributed by atoms with Crippen molar-refractivity contribution in [2.24, 2.45) is 0 Å². The molecule has 0 saturated heterocycles. The summed E-state index contributed by atoms with van der Waals surface area (Å²) in [5.74, 6) is -0.300. The predicted octanol–water partition coefficient (Wildman–Crippen LogP) is 6.00. The van der Waals surface area contributed by atoms with E-state index in [9.17, 15) is 18.0 Å². The van der Waals surface area contributed by atoms with Crippen LogP contribution in [0.4, 0.5) is 18.0 Å². The smallest absolute Gasteiger partial charge is 0.416 e. The van der Waals surface area contributed by atoms with Gasteiger partial charge in [-0.25, -0.2) is 10.3 Å². The molecule has 0 unspecified atom stereocenters. The van der Waals surface area contributed by atoms with Crippen LogP contribution in [0.15, 0.2) is 48.5 Å². The second-order valence-corrected chi connectivity index (χ2v) is 6.90. The van der Waals surface area contributed by atoms with Gasteiger partial charge < -0.3 is 4.74 Å². The monoisotopic (exact) mass is 459 g/mol. The van der Waals surface area contributed by atoms with Gasteiger partial charge in [0.25, 0.3) is 0 Å². The Bertz CT molecular complexity index is 1030. The van der Waals surface area contributed by atoms with Gasteiger partial charge in [0.05, 0.1) is 27.9 Å². The maximum Gasteiger partial charge on any atom is 0.416 e. The molecule has 0 atom stereocenters. The van der Waals surface area contributed by atoms with Crippen LogP contribution in [0.5, 0.6) is 11.6 Å². The number of hydrogen-bond acceptors (Lipinski definition) is 4. The number of hydrogen-bond donors (Lipinski definition) is 1. The van der Waals surface area contributed by atoms with E-state index in [1.54, 1.807) is 6.92 Å². The molecule has 1 amide bonds. The zero-order valence-electron chi connectivity index (χ0n) is 15.3. The number of carbonyl (C=O) groups excluding carboxylic acids is 1. The molecule has 30 heavy (non-hydrogen) atoms. The molecule has 1 N–H and O–H groups in total. The molecule has 3 aromatic rings. The van der Waals surface area contributed by atoms with E-state index in [1.807, 2.05) is 30.3 Å². The Morgan fingerprint density at radius 2 is 1.77 bits per heavy atom. The highest BCUT2D eigenvalue weighted by molar-refractivity contribution is 6.37. The first kappa shape index (κ1) is 21.9. The number of nitrogens with one attached hydrogen (secondary N) is 1. The summed E-state index contributed by atoms with van der Waals surface area (Å²) in [6.45, 7) is 1.72. The van der Waals surface area contributed by atoms with Gasteiger partial charge in [0.2, 0.25) is 5.88 Å². The molecule has 0 radical (unpaired) electrons. The Balaban J connectivity index is 1.69. The number of hydroxylamine groups is 1. The molecule has 1 heterocycles. The molecule has 0 fully saturated rings. The fraction of sp³-hybridized carbons (Fsp3) is 0.158. The van der Waals surface area contributed by atoms with E-state index in [-0.39, 0.29) is 28.3 Å². The van der Waals surface area contributed by atoms with Crippen molar-refractivity contribution in [3.63, 3.8) is 0 Å². The van der Waals surface area contributed by atoms with Crippen molar-refractivity contribution >= 4 is 29.2 Å². The molecule has 0 bridgehead atoms. The topological polar surface area (TPSA) is 65.4 Å². The molecular formula is C19H14Cl2F3N3O3. The highest BCUT2D eigenvalue weighted by Crippen LogP contribution is 2.41. The molecule has 3 rings (SSSR count). The molecule has 158 valence electrons. The van der Waals surface area contributed by atoms with Crippen LogP contribution in [-0.4, -0.2) is 15.8 Å². The van der Waals surface area contributed by atoms with Gasteiger partial charge in [-0.15, -0.1) is 5.10 Å². The highest BCUT2D eigenvalue weighted by atomic mass is 35.5. The number of carbonyl (C=O) groups is 1. The number of rotatable bonds is 5. The molecule has 11 heteroatoms. The quantitative estimate of drug-likeness (QED) is 0.475. The Morgan fingerprint density at radius 1 is 1.13 bits per heavy atom. The van der Waals surface area contributed by atoms with Crippen LogP contribution >= 0.6 is 23.2 Å². The predicted molar refractivity (Wildman–Crippen MR) is 104 cm³/mol. The van der Waals surface area contributed by atoms with Gasteiger partial charge >= 0.3 is 12.2 Å². The van der Waals surface area contributed by atoms with E-state index in [0.717, 1.165) is 10.2 Å². The molecule has 0 spiro atoms. The Morgan fingerprint density at radius 3 is 2.37 bits per heavy atom. The van der Waals surface area contributed by atoms with E-state index in [0.29, 0.717) is 17.8 Å². The first-order valence-electron chi connectivity index (χ1n) is 8.42. The fourth-order valence-corrected chi connectivity index (χ4v) is 2.99. The van der Waals surface area contributed by atoms with E-state index in [2.05, 4.69) is 10.6 Å². The lowest BCUT2D eigenvalue weighted by Crippen LogP contribution is -2.30. The Kier molecular flexibility index (Phi) is 6.55. The second kappa shape index (κ2) is 8.95. The molecule has 1 aromatic heterocycles. The lowest BCUT2D eigenvalue weighted by molar-refractivity contribution is -0.137. The summed E-state index contributed by atoms with van der Waals surface area (Å²) in [5, 5.41) is 3.25. The molecule has 6 nitrogen and oxygen atoms in total. The van der Waals surface area contributed by atoms with Crippen LogP contribution in [0.25, 0.3) is 0 Å². The summed E-state index contributed by atoms with van der Waals surface area (Å²) in [7, 11) is 0. The van der Waals surface area contributed by atoms with Gasteiger partial charge in [0.1, 0.15) is 0 Å². The number of amides is 1.